The summed E-state index contributed by atoms with van der Waals surface area (Å²) in [4.78, 5) is 16.8. The SMILES string of the molecule is Cc1cc(C)cc(NC(=O)Cn2c(C)nc3ccccc32)c1. The summed E-state index contributed by atoms with van der Waals surface area (Å²) in [5.41, 5.74) is 5.01. The van der Waals surface area contributed by atoms with Crippen molar-refractivity contribution in [3.63, 3.8) is 0 Å². The molecule has 0 atom stereocenters. The van der Waals surface area contributed by atoms with Crippen LogP contribution >= 0.6 is 0 Å². The maximum absolute atomic E-state index is 12.3. The van der Waals surface area contributed by atoms with E-state index in [1.807, 2.05) is 61.7 Å². The molecule has 1 heterocycles. The zero-order valence-corrected chi connectivity index (χ0v) is 13.1. The molecule has 1 N–H and O–H groups in total. The number of carbonyl (C=O) groups is 1. The zero-order valence-electron chi connectivity index (χ0n) is 13.1. The number of hydrogen-bond donors (Lipinski definition) is 1. The quantitative estimate of drug-likeness (QED) is 0.802. The predicted molar refractivity (Wildman–Crippen MR) is 89.0 cm³/mol. The Hall–Kier alpha value is -2.62. The Balaban J connectivity index is 1.82. The molecule has 0 saturated heterocycles. The number of fused-ring (bicyclic) bond motifs is 1. The van der Waals surface area contributed by atoms with Gasteiger partial charge in [-0.3, -0.25) is 4.79 Å². The van der Waals surface area contributed by atoms with Gasteiger partial charge in [-0.2, -0.15) is 0 Å². The van der Waals surface area contributed by atoms with Crippen molar-refractivity contribution in [1.82, 2.24) is 9.55 Å². The number of imidazole rings is 1. The van der Waals surface area contributed by atoms with Gasteiger partial charge in [-0.05, 0) is 56.2 Å². The Morgan fingerprint density at radius 2 is 1.77 bits per heavy atom. The standard InChI is InChI=1S/C18H19N3O/c1-12-8-13(2)10-15(9-12)20-18(22)11-21-14(3)19-16-6-4-5-7-17(16)21/h4-10H,11H2,1-3H3,(H,20,22). The van der Waals surface area contributed by atoms with Gasteiger partial charge < -0.3 is 9.88 Å². The van der Waals surface area contributed by atoms with Gasteiger partial charge in [-0.15, -0.1) is 0 Å². The van der Waals surface area contributed by atoms with Crippen molar-refractivity contribution in [3.8, 4) is 0 Å². The third-order valence-corrected chi connectivity index (χ3v) is 3.65. The van der Waals surface area contributed by atoms with Gasteiger partial charge in [0.25, 0.3) is 0 Å². The molecule has 4 nitrogen and oxygen atoms in total. The second-order valence-electron chi connectivity index (χ2n) is 5.66. The van der Waals surface area contributed by atoms with Gasteiger partial charge in [0.05, 0.1) is 11.0 Å². The smallest absolute Gasteiger partial charge is 0.244 e. The van der Waals surface area contributed by atoms with Crippen molar-refractivity contribution in [1.29, 1.82) is 0 Å². The second kappa shape index (κ2) is 5.64. The van der Waals surface area contributed by atoms with Crippen molar-refractivity contribution < 1.29 is 4.79 Å². The third-order valence-electron chi connectivity index (χ3n) is 3.65. The molecule has 0 unspecified atom stereocenters. The van der Waals surface area contributed by atoms with E-state index in [0.717, 1.165) is 33.7 Å². The lowest BCUT2D eigenvalue weighted by molar-refractivity contribution is -0.116. The Labute approximate surface area is 129 Å². The van der Waals surface area contributed by atoms with Gasteiger partial charge >= 0.3 is 0 Å². The number of rotatable bonds is 3. The predicted octanol–water partition coefficient (Wildman–Crippen LogP) is 3.60. The number of para-hydroxylation sites is 2. The minimum Gasteiger partial charge on any atom is -0.325 e. The molecule has 4 heteroatoms. The first kappa shape index (κ1) is 14.3. The number of aromatic nitrogens is 2. The number of nitrogens with one attached hydrogen (secondary N) is 1. The number of carbonyl (C=O) groups excluding carboxylic acids is 1. The minimum absolute atomic E-state index is 0.0451. The van der Waals surface area contributed by atoms with E-state index in [1.165, 1.54) is 0 Å². The van der Waals surface area contributed by atoms with Crippen LogP contribution in [0, 0.1) is 20.8 Å². The second-order valence-corrected chi connectivity index (χ2v) is 5.66. The molecule has 1 aromatic heterocycles. The van der Waals surface area contributed by atoms with E-state index in [2.05, 4.69) is 16.4 Å². The average Bonchev–Trinajstić information content (AvgIpc) is 2.74. The molecule has 0 fully saturated rings. The van der Waals surface area contributed by atoms with Crippen LogP contribution in [0.2, 0.25) is 0 Å². The van der Waals surface area contributed by atoms with E-state index in [0.29, 0.717) is 0 Å². The number of nitrogens with zero attached hydrogens (tertiary/aromatic N) is 2. The molecule has 3 rings (SSSR count). The van der Waals surface area contributed by atoms with Crippen LogP contribution in [0.25, 0.3) is 11.0 Å². The van der Waals surface area contributed by atoms with E-state index in [-0.39, 0.29) is 12.5 Å². The minimum atomic E-state index is -0.0451. The van der Waals surface area contributed by atoms with Crippen LogP contribution in [0.5, 0.6) is 0 Å². The van der Waals surface area contributed by atoms with E-state index in [1.54, 1.807) is 0 Å². The normalized spacial score (nSPS) is 10.9. The molecular weight excluding hydrogens is 274 g/mol. The van der Waals surface area contributed by atoms with Crippen LogP contribution in [0.3, 0.4) is 0 Å². The molecule has 1 amide bonds. The molecule has 22 heavy (non-hydrogen) atoms. The highest BCUT2D eigenvalue weighted by Crippen LogP contribution is 2.17. The lowest BCUT2D eigenvalue weighted by Gasteiger charge is -2.10. The molecule has 0 spiro atoms. The zero-order chi connectivity index (χ0) is 15.7. The van der Waals surface area contributed by atoms with Gasteiger partial charge in [0.2, 0.25) is 5.91 Å². The molecule has 0 radical (unpaired) electrons. The number of amides is 1. The highest BCUT2D eigenvalue weighted by molar-refractivity contribution is 5.92. The van der Waals surface area contributed by atoms with Crippen LogP contribution in [0.4, 0.5) is 5.69 Å². The van der Waals surface area contributed by atoms with E-state index < -0.39 is 0 Å². The maximum Gasteiger partial charge on any atom is 0.244 e. The van der Waals surface area contributed by atoms with Gasteiger partial charge in [0, 0.05) is 5.69 Å². The first-order chi connectivity index (χ1) is 10.5. The van der Waals surface area contributed by atoms with Crippen molar-refractivity contribution >= 4 is 22.6 Å². The van der Waals surface area contributed by atoms with Crippen molar-refractivity contribution in [2.45, 2.75) is 27.3 Å². The van der Waals surface area contributed by atoms with E-state index in [9.17, 15) is 4.79 Å². The van der Waals surface area contributed by atoms with Crippen LogP contribution in [-0.4, -0.2) is 15.5 Å². The first-order valence-corrected chi connectivity index (χ1v) is 7.33. The highest BCUT2D eigenvalue weighted by Gasteiger charge is 2.11. The maximum atomic E-state index is 12.3. The molecular formula is C18H19N3O. The number of aryl methyl sites for hydroxylation is 3. The van der Waals surface area contributed by atoms with Gasteiger partial charge in [0.15, 0.2) is 0 Å². The lowest BCUT2D eigenvalue weighted by atomic mass is 10.1. The van der Waals surface area contributed by atoms with Gasteiger partial charge in [0.1, 0.15) is 12.4 Å². The fraction of sp³-hybridized carbons (Fsp3) is 0.222. The van der Waals surface area contributed by atoms with Crippen LogP contribution in [0.1, 0.15) is 17.0 Å². The summed E-state index contributed by atoms with van der Waals surface area (Å²) in [7, 11) is 0. The van der Waals surface area contributed by atoms with Crippen LogP contribution in [-0.2, 0) is 11.3 Å². The summed E-state index contributed by atoms with van der Waals surface area (Å²) in [6.45, 7) is 6.23. The summed E-state index contributed by atoms with van der Waals surface area (Å²) < 4.78 is 1.94. The lowest BCUT2D eigenvalue weighted by Crippen LogP contribution is -2.19. The fourth-order valence-corrected chi connectivity index (χ4v) is 2.79. The molecule has 0 aliphatic carbocycles. The number of hydrogen-bond acceptors (Lipinski definition) is 2. The van der Waals surface area contributed by atoms with Crippen molar-refractivity contribution in [2.24, 2.45) is 0 Å². The topological polar surface area (TPSA) is 46.9 Å². The average molecular weight is 293 g/mol. The molecule has 0 aliphatic rings. The summed E-state index contributed by atoms with van der Waals surface area (Å²) in [6, 6.07) is 13.9. The Kier molecular flexibility index (Phi) is 3.67. The monoisotopic (exact) mass is 293 g/mol. The summed E-state index contributed by atoms with van der Waals surface area (Å²) in [6.07, 6.45) is 0. The number of benzene rings is 2. The van der Waals surface area contributed by atoms with Gasteiger partial charge in [-0.1, -0.05) is 18.2 Å². The highest BCUT2D eigenvalue weighted by atomic mass is 16.1. The number of anilines is 1. The van der Waals surface area contributed by atoms with E-state index >= 15 is 0 Å². The van der Waals surface area contributed by atoms with Crippen LogP contribution < -0.4 is 5.32 Å². The Morgan fingerprint density at radius 3 is 2.50 bits per heavy atom. The molecule has 0 aliphatic heterocycles. The van der Waals surface area contributed by atoms with Crippen molar-refractivity contribution in [3.05, 3.63) is 59.4 Å². The summed E-state index contributed by atoms with van der Waals surface area (Å²) in [5, 5.41) is 2.97. The van der Waals surface area contributed by atoms with Crippen molar-refractivity contribution in [2.75, 3.05) is 5.32 Å². The molecule has 2 aromatic carbocycles. The Bertz CT molecular complexity index is 828. The molecule has 0 saturated carbocycles. The largest absolute Gasteiger partial charge is 0.325 e. The van der Waals surface area contributed by atoms with Crippen LogP contribution in [0.15, 0.2) is 42.5 Å². The molecule has 112 valence electrons. The Morgan fingerprint density at radius 1 is 1.09 bits per heavy atom. The molecule has 0 bridgehead atoms. The van der Waals surface area contributed by atoms with Gasteiger partial charge in [-0.25, -0.2) is 4.98 Å². The third kappa shape index (κ3) is 2.86. The first-order valence-electron chi connectivity index (χ1n) is 7.33. The summed E-state index contributed by atoms with van der Waals surface area (Å²) in [5.74, 6) is 0.799. The molecule has 3 aromatic rings. The van der Waals surface area contributed by atoms with E-state index in [4.69, 9.17) is 0 Å². The fourth-order valence-electron chi connectivity index (χ4n) is 2.79. The summed E-state index contributed by atoms with van der Waals surface area (Å²) >= 11 is 0.